The molecule has 0 spiro atoms. The van der Waals surface area contributed by atoms with E-state index in [4.69, 9.17) is 5.73 Å². The third kappa shape index (κ3) is 3.20. The number of anilines is 1. The summed E-state index contributed by atoms with van der Waals surface area (Å²) < 4.78 is 0. The van der Waals surface area contributed by atoms with Crippen LogP contribution in [-0.2, 0) is 6.54 Å². The second kappa shape index (κ2) is 5.52. The summed E-state index contributed by atoms with van der Waals surface area (Å²) in [6, 6.07) is 8.89. The zero-order valence-electron chi connectivity index (χ0n) is 10.9. The molecule has 1 aromatic carbocycles. The van der Waals surface area contributed by atoms with E-state index < -0.39 is 0 Å². The number of rotatable bonds is 3. The van der Waals surface area contributed by atoms with Crippen molar-refractivity contribution in [1.29, 1.82) is 0 Å². The molecule has 3 nitrogen and oxygen atoms in total. The van der Waals surface area contributed by atoms with Crippen molar-refractivity contribution in [2.75, 3.05) is 31.9 Å². The number of hydrogen-bond acceptors (Lipinski definition) is 3. The lowest BCUT2D eigenvalue weighted by Gasteiger charge is -2.39. The molecule has 0 radical (unpaired) electrons. The van der Waals surface area contributed by atoms with Crippen molar-refractivity contribution in [3.63, 3.8) is 0 Å². The topological polar surface area (TPSA) is 32.5 Å². The fourth-order valence-corrected chi connectivity index (χ4v) is 2.63. The fraction of sp³-hybridized carbons (Fsp3) is 0.571. The van der Waals surface area contributed by atoms with Gasteiger partial charge in [0.1, 0.15) is 0 Å². The molecule has 1 fully saturated rings. The Hall–Kier alpha value is -1.06. The van der Waals surface area contributed by atoms with Crippen molar-refractivity contribution in [3.8, 4) is 0 Å². The number of likely N-dealkylation sites (N-methyl/N-ethyl adjacent to an activating group) is 1. The van der Waals surface area contributed by atoms with Crippen LogP contribution in [0.1, 0.15) is 19.4 Å². The molecule has 1 aromatic rings. The predicted molar refractivity (Wildman–Crippen MR) is 72.8 cm³/mol. The lowest BCUT2D eigenvalue weighted by atomic mass is 10.1. The zero-order chi connectivity index (χ0) is 12.3. The first-order valence-electron chi connectivity index (χ1n) is 6.50. The Morgan fingerprint density at radius 1 is 1.35 bits per heavy atom. The van der Waals surface area contributed by atoms with Crippen LogP contribution in [0.2, 0.25) is 0 Å². The fourth-order valence-electron chi connectivity index (χ4n) is 2.63. The second-order valence-electron chi connectivity index (χ2n) is 4.96. The van der Waals surface area contributed by atoms with Crippen molar-refractivity contribution < 1.29 is 0 Å². The molecule has 0 aliphatic carbocycles. The molecule has 0 amide bonds. The standard InChI is InChI=1S/C14H23N3/c1-3-17-8-7-16(10-12(17)2)11-13-5-4-6-14(15)9-13/h4-6,9,12H,3,7-8,10-11,15H2,1-2H3. The highest BCUT2D eigenvalue weighted by Gasteiger charge is 2.21. The summed E-state index contributed by atoms with van der Waals surface area (Å²) in [6.45, 7) is 10.2. The average molecular weight is 233 g/mol. The number of benzene rings is 1. The summed E-state index contributed by atoms with van der Waals surface area (Å²) in [5.41, 5.74) is 7.99. The molecule has 1 unspecified atom stereocenters. The number of nitrogen functional groups attached to an aromatic ring is 1. The van der Waals surface area contributed by atoms with Crippen LogP contribution in [0, 0.1) is 0 Å². The first-order valence-corrected chi connectivity index (χ1v) is 6.50. The van der Waals surface area contributed by atoms with E-state index in [2.05, 4.69) is 35.8 Å². The van der Waals surface area contributed by atoms with Gasteiger partial charge in [-0.2, -0.15) is 0 Å². The van der Waals surface area contributed by atoms with Crippen LogP contribution in [0.4, 0.5) is 5.69 Å². The third-order valence-corrected chi connectivity index (χ3v) is 3.61. The Morgan fingerprint density at radius 3 is 2.82 bits per heavy atom. The predicted octanol–water partition coefficient (Wildman–Crippen LogP) is 1.79. The summed E-state index contributed by atoms with van der Waals surface area (Å²) in [5, 5.41) is 0. The molecule has 2 rings (SSSR count). The number of nitrogens with zero attached hydrogens (tertiary/aromatic N) is 2. The van der Waals surface area contributed by atoms with Gasteiger partial charge in [-0.3, -0.25) is 9.80 Å². The summed E-state index contributed by atoms with van der Waals surface area (Å²) >= 11 is 0. The van der Waals surface area contributed by atoms with Crippen molar-refractivity contribution in [1.82, 2.24) is 9.80 Å². The molecule has 0 saturated carbocycles. The first kappa shape index (κ1) is 12.4. The number of hydrogen-bond donors (Lipinski definition) is 1. The van der Waals surface area contributed by atoms with E-state index in [1.165, 1.54) is 12.1 Å². The molecule has 1 heterocycles. The van der Waals surface area contributed by atoms with E-state index in [0.717, 1.165) is 31.9 Å². The molecule has 0 aromatic heterocycles. The minimum absolute atomic E-state index is 0.662. The summed E-state index contributed by atoms with van der Waals surface area (Å²) in [6.07, 6.45) is 0. The molecule has 1 aliphatic heterocycles. The molecule has 1 atom stereocenters. The van der Waals surface area contributed by atoms with Gasteiger partial charge in [-0.1, -0.05) is 19.1 Å². The van der Waals surface area contributed by atoms with Gasteiger partial charge in [0.15, 0.2) is 0 Å². The van der Waals surface area contributed by atoms with Crippen LogP contribution in [0.25, 0.3) is 0 Å². The minimum Gasteiger partial charge on any atom is -0.399 e. The molecule has 1 aliphatic rings. The van der Waals surface area contributed by atoms with Gasteiger partial charge in [0.25, 0.3) is 0 Å². The van der Waals surface area contributed by atoms with Crippen LogP contribution in [0.15, 0.2) is 24.3 Å². The van der Waals surface area contributed by atoms with Gasteiger partial charge >= 0.3 is 0 Å². The van der Waals surface area contributed by atoms with E-state index in [1.54, 1.807) is 0 Å². The van der Waals surface area contributed by atoms with Crippen molar-refractivity contribution in [2.45, 2.75) is 26.4 Å². The van der Waals surface area contributed by atoms with E-state index in [1.807, 2.05) is 12.1 Å². The van der Waals surface area contributed by atoms with Gasteiger partial charge in [-0.15, -0.1) is 0 Å². The molecule has 1 saturated heterocycles. The molecule has 3 heteroatoms. The lowest BCUT2D eigenvalue weighted by Crippen LogP contribution is -2.51. The SMILES string of the molecule is CCN1CCN(Cc2cccc(N)c2)CC1C. The Balaban J connectivity index is 1.93. The second-order valence-corrected chi connectivity index (χ2v) is 4.96. The molecule has 0 bridgehead atoms. The highest BCUT2D eigenvalue weighted by Crippen LogP contribution is 2.14. The minimum atomic E-state index is 0.662. The Kier molecular flexibility index (Phi) is 4.02. The highest BCUT2D eigenvalue weighted by molar-refractivity contribution is 5.40. The van der Waals surface area contributed by atoms with Gasteiger partial charge in [0.2, 0.25) is 0 Å². The molecule has 17 heavy (non-hydrogen) atoms. The Labute approximate surface area is 104 Å². The lowest BCUT2D eigenvalue weighted by molar-refractivity contribution is 0.0834. The smallest absolute Gasteiger partial charge is 0.0317 e. The van der Waals surface area contributed by atoms with Gasteiger partial charge in [0, 0.05) is 37.9 Å². The van der Waals surface area contributed by atoms with Crippen molar-refractivity contribution >= 4 is 5.69 Å². The van der Waals surface area contributed by atoms with E-state index in [-0.39, 0.29) is 0 Å². The van der Waals surface area contributed by atoms with Crippen LogP contribution in [0.5, 0.6) is 0 Å². The average Bonchev–Trinajstić information content (AvgIpc) is 2.29. The number of piperazine rings is 1. The van der Waals surface area contributed by atoms with Crippen LogP contribution >= 0.6 is 0 Å². The van der Waals surface area contributed by atoms with Crippen LogP contribution in [-0.4, -0.2) is 42.0 Å². The normalized spacial score (nSPS) is 22.8. The number of nitrogens with two attached hydrogens (primary N) is 1. The summed E-state index contributed by atoms with van der Waals surface area (Å²) in [7, 11) is 0. The largest absolute Gasteiger partial charge is 0.399 e. The maximum atomic E-state index is 5.81. The summed E-state index contributed by atoms with van der Waals surface area (Å²) in [4.78, 5) is 5.06. The van der Waals surface area contributed by atoms with Crippen LogP contribution in [0.3, 0.4) is 0 Å². The maximum absolute atomic E-state index is 5.81. The van der Waals surface area contributed by atoms with E-state index >= 15 is 0 Å². The Morgan fingerprint density at radius 2 is 2.18 bits per heavy atom. The van der Waals surface area contributed by atoms with Gasteiger partial charge in [-0.25, -0.2) is 0 Å². The van der Waals surface area contributed by atoms with Crippen molar-refractivity contribution in [3.05, 3.63) is 29.8 Å². The first-order chi connectivity index (χ1) is 8.19. The third-order valence-electron chi connectivity index (χ3n) is 3.61. The van der Waals surface area contributed by atoms with Gasteiger partial charge < -0.3 is 5.73 Å². The van der Waals surface area contributed by atoms with E-state index in [9.17, 15) is 0 Å². The highest BCUT2D eigenvalue weighted by atomic mass is 15.3. The maximum Gasteiger partial charge on any atom is 0.0317 e. The molecular weight excluding hydrogens is 210 g/mol. The van der Waals surface area contributed by atoms with Crippen molar-refractivity contribution in [2.24, 2.45) is 0 Å². The molecular formula is C14H23N3. The van der Waals surface area contributed by atoms with E-state index in [0.29, 0.717) is 6.04 Å². The Bertz CT molecular complexity index is 364. The zero-order valence-corrected chi connectivity index (χ0v) is 10.9. The van der Waals surface area contributed by atoms with Gasteiger partial charge in [-0.05, 0) is 31.2 Å². The summed E-state index contributed by atoms with van der Waals surface area (Å²) in [5.74, 6) is 0. The van der Waals surface area contributed by atoms with Crippen LogP contribution < -0.4 is 5.73 Å². The molecule has 94 valence electrons. The monoisotopic (exact) mass is 233 g/mol. The van der Waals surface area contributed by atoms with Gasteiger partial charge in [0.05, 0.1) is 0 Å². The quantitative estimate of drug-likeness (QED) is 0.808. The molecule has 2 N–H and O–H groups in total.